The molecule has 0 aliphatic heterocycles. The lowest BCUT2D eigenvalue weighted by Crippen LogP contribution is -1.91. The number of benzene rings is 4. The summed E-state index contributed by atoms with van der Waals surface area (Å²) in [5.74, 6) is 1.91. The van der Waals surface area contributed by atoms with Crippen LogP contribution in [0.1, 0.15) is 27.2 Å². The van der Waals surface area contributed by atoms with Crippen molar-refractivity contribution in [2.75, 3.05) is 7.11 Å². The summed E-state index contributed by atoms with van der Waals surface area (Å²) in [5, 5.41) is 14.9. The van der Waals surface area contributed by atoms with E-state index < -0.39 is 0 Å². The molecule has 0 spiro atoms. The maximum absolute atomic E-state index is 10.6. The average Bonchev–Trinajstić information content (AvgIpc) is 2.73. The van der Waals surface area contributed by atoms with Gasteiger partial charge >= 0.3 is 0 Å². The highest BCUT2D eigenvalue weighted by Crippen LogP contribution is 2.44. The lowest BCUT2D eigenvalue weighted by atomic mass is 9.92. The van der Waals surface area contributed by atoms with E-state index in [1.165, 1.54) is 6.42 Å². The van der Waals surface area contributed by atoms with Gasteiger partial charge in [0.15, 0.2) is 0 Å². The molecule has 0 aliphatic carbocycles. The van der Waals surface area contributed by atoms with Crippen LogP contribution in [0.2, 0.25) is 0 Å². The minimum Gasteiger partial charge on any atom is -0.507 e. The molecule has 0 aliphatic rings. The molecule has 0 saturated carbocycles. The van der Waals surface area contributed by atoms with Gasteiger partial charge in [-0.05, 0) is 39.6 Å². The molecule has 0 atom stereocenters. The van der Waals surface area contributed by atoms with Crippen molar-refractivity contribution in [1.82, 2.24) is 0 Å². The van der Waals surface area contributed by atoms with E-state index in [4.69, 9.17) is 4.74 Å². The van der Waals surface area contributed by atoms with Crippen molar-refractivity contribution < 1.29 is 9.84 Å². The van der Waals surface area contributed by atoms with Crippen molar-refractivity contribution in [2.24, 2.45) is 5.92 Å². The van der Waals surface area contributed by atoms with Crippen LogP contribution < -0.4 is 4.74 Å². The summed E-state index contributed by atoms with van der Waals surface area (Å²) >= 11 is 0. The van der Waals surface area contributed by atoms with Crippen LogP contribution in [0.5, 0.6) is 11.5 Å². The first-order valence-corrected chi connectivity index (χ1v) is 9.83. The molecule has 0 fully saturated rings. The molecule has 0 unspecified atom stereocenters. The van der Waals surface area contributed by atoms with Gasteiger partial charge in [-0.2, -0.15) is 0 Å². The Bertz CT molecular complexity index is 1080. The van der Waals surface area contributed by atoms with Crippen LogP contribution in [0.3, 0.4) is 0 Å². The molecule has 0 bridgehead atoms. The highest BCUT2D eigenvalue weighted by Gasteiger charge is 2.16. The number of hydrogen-bond acceptors (Lipinski definition) is 2. The molecule has 2 heteroatoms. The van der Waals surface area contributed by atoms with E-state index >= 15 is 0 Å². The normalized spacial score (nSPS) is 10.8. The van der Waals surface area contributed by atoms with Crippen LogP contribution in [0.4, 0.5) is 0 Å². The maximum atomic E-state index is 10.6. The molecule has 0 aromatic heterocycles. The summed E-state index contributed by atoms with van der Waals surface area (Å²) in [6.45, 7) is 6.64. The van der Waals surface area contributed by atoms with Gasteiger partial charge in [-0.25, -0.2) is 0 Å². The third-order valence-electron chi connectivity index (χ3n) is 5.08. The number of phenolic OH excluding ortho intramolecular Hbond substituents is 1. The zero-order valence-corrected chi connectivity index (χ0v) is 17.1. The second-order valence-electron chi connectivity index (χ2n) is 7.35. The molecular weight excluding hydrogens is 344 g/mol. The molecule has 0 radical (unpaired) electrons. The lowest BCUT2D eigenvalue weighted by Gasteiger charge is -2.16. The van der Waals surface area contributed by atoms with E-state index in [-0.39, 0.29) is 5.75 Å². The monoisotopic (exact) mass is 372 g/mol. The van der Waals surface area contributed by atoms with E-state index in [0.29, 0.717) is 0 Å². The van der Waals surface area contributed by atoms with Gasteiger partial charge in [0.1, 0.15) is 11.5 Å². The molecule has 144 valence electrons. The van der Waals surface area contributed by atoms with Crippen LogP contribution in [-0.4, -0.2) is 12.2 Å². The number of ether oxygens (including phenoxy) is 1. The second kappa shape index (κ2) is 8.79. The van der Waals surface area contributed by atoms with E-state index in [1.54, 1.807) is 13.2 Å². The summed E-state index contributed by atoms with van der Waals surface area (Å²) in [4.78, 5) is 0. The largest absolute Gasteiger partial charge is 0.507 e. The second-order valence-corrected chi connectivity index (χ2v) is 7.35. The molecule has 2 nitrogen and oxygen atoms in total. The van der Waals surface area contributed by atoms with Crippen molar-refractivity contribution in [3.63, 3.8) is 0 Å². The molecular formula is C26H28O2. The number of rotatable bonds is 3. The van der Waals surface area contributed by atoms with Crippen LogP contribution in [0.15, 0.2) is 72.8 Å². The third kappa shape index (κ3) is 3.96. The van der Waals surface area contributed by atoms with Crippen LogP contribution in [-0.2, 0) is 0 Å². The fourth-order valence-electron chi connectivity index (χ4n) is 3.20. The Morgan fingerprint density at radius 1 is 0.750 bits per heavy atom. The van der Waals surface area contributed by atoms with Crippen molar-refractivity contribution in [2.45, 2.75) is 27.2 Å². The Labute approximate surface area is 167 Å². The Morgan fingerprint density at radius 3 is 1.79 bits per heavy atom. The van der Waals surface area contributed by atoms with Gasteiger partial charge in [-0.1, -0.05) is 87.9 Å². The zero-order valence-electron chi connectivity index (χ0n) is 17.1. The molecule has 1 N–H and O–H groups in total. The van der Waals surface area contributed by atoms with Crippen LogP contribution in [0, 0.1) is 5.92 Å². The van der Waals surface area contributed by atoms with Crippen LogP contribution in [0.25, 0.3) is 32.7 Å². The summed E-state index contributed by atoms with van der Waals surface area (Å²) < 4.78 is 5.60. The molecule has 4 rings (SSSR count). The number of fused-ring (bicyclic) bond motifs is 2. The molecule has 28 heavy (non-hydrogen) atoms. The maximum Gasteiger partial charge on any atom is 0.127 e. The van der Waals surface area contributed by atoms with Crippen LogP contribution >= 0.6 is 0 Å². The summed E-state index contributed by atoms with van der Waals surface area (Å²) in [6, 6.07) is 23.9. The SMILES string of the molecule is CCC(C)C.COc1ccc2ccccc2c1-c1c(O)ccc2ccccc12. The fourth-order valence-corrected chi connectivity index (χ4v) is 3.20. The van der Waals surface area contributed by atoms with Crippen molar-refractivity contribution in [3.8, 4) is 22.6 Å². The van der Waals surface area contributed by atoms with Gasteiger partial charge in [0.25, 0.3) is 0 Å². The van der Waals surface area contributed by atoms with Gasteiger partial charge in [0.05, 0.1) is 7.11 Å². The number of aromatic hydroxyl groups is 1. The predicted octanol–water partition coefficient (Wildman–Crippen LogP) is 7.43. The quantitative estimate of drug-likeness (QED) is 0.405. The number of methoxy groups -OCH3 is 1. The van der Waals surface area contributed by atoms with E-state index in [0.717, 1.165) is 44.3 Å². The van der Waals surface area contributed by atoms with Crippen molar-refractivity contribution in [1.29, 1.82) is 0 Å². The third-order valence-corrected chi connectivity index (χ3v) is 5.08. The molecule has 0 amide bonds. The first-order chi connectivity index (χ1) is 13.6. The summed E-state index contributed by atoms with van der Waals surface area (Å²) in [6.07, 6.45) is 1.31. The molecule has 4 aromatic rings. The van der Waals surface area contributed by atoms with Gasteiger partial charge in [0.2, 0.25) is 0 Å². The minimum absolute atomic E-state index is 0.262. The van der Waals surface area contributed by atoms with Crippen molar-refractivity contribution in [3.05, 3.63) is 72.8 Å². The lowest BCUT2D eigenvalue weighted by molar-refractivity contribution is 0.416. The van der Waals surface area contributed by atoms with Gasteiger partial charge in [-0.15, -0.1) is 0 Å². The zero-order chi connectivity index (χ0) is 20.1. The molecule has 0 saturated heterocycles. The van der Waals surface area contributed by atoms with Gasteiger partial charge in [0, 0.05) is 11.1 Å². The van der Waals surface area contributed by atoms with Gasteiger partial charge < -0.3 is 9.84 Å². The van der Waals surface area contributed by atoms with E-state index in [9.17, 15) is 5.11 Å². The number of phenols is 1. The average molecular weight is 373 g/mol. The standard InChI is InChI=1S/C21H16O2.C5H12/c1-23-19-13-11-15-7-3-5-9-17(15)21(19)20-16-8-4-2-6-14(16)10-12-18(20)22;1-4-5(2)3/h2-13,22H,1H3;5H,4H2,1-3H3. The molecule has 0 heterocycles. The Kier molecular flexibility index (Phi) is 6.20. The van der Waals surface area contributed by atoms with E-state index in [2.05, 4.69) is 39.0 Å². The topological polar surface area (TPSA) is 29.5 Å². The Balaban J connectivity index is 0.000000403. The summed E-state index contributed by atoms with van der Waals surface area (Å²) in [5.41, 5.74) is 1.75. The highest BCUT2D eigenvalue weighted by molar-refractivity contribution is 6.09. The highest BCUT2D eigenvalue weighted by atomic mass is 16.5. The predicted molar refractivity (Wildman–Crippen MR) is 120 cm³/mol. The number of hydrogen-bond donors (Lipinski definition) is 1. The first kappa shape index (κ1) is 19.8. The van der Waals surface area contributed by atoms with E-state index in [1.807, 2.05) is 48.5 Å². The van der Waals surface area contributed by atoms with Gasteiger partial charge in [-0.3, -0.25) is 0 Å². The van der Waals surface area contributed by atoms with Crippen molar-refractivity contribution >= 4 is 21.5 Å². The first-order valence-electron chi connectivity index (χ1n) is 9.83. The Morgan fingerprint density at radius 2 is 1.25 bits per heavy atom. The minimum atomic E-state index is 0.262. The molecule has 4 aromatic carbocycles. The fraction of sp³-hybridized carbons (Fsp3) is 0.231. The Hall–Kier alpha value is -3.00. The smallest absolute Gasteiger partial charge is 0.127 e. The summed E-state index contributed by atoms with van der Waals surface area (Å²) in [7, 11) is 1.66.